The molecule has 0 fully saturated rings. The number of methoxy groups -OCH3 is 1. The summed E-state index contributed by atoms with van der Waals surface area (Å²) in [7, 11) is 1.65. The minimum absolute atomic E-state index is 0.705. The van der Waals surface area contributed by atoms with Crippen LogP contribution in [0, 0.1) is 11.8 Å². The second-order valence-electron chi connectivity index (χ2n) is 3.87. The fourth-order valence-corrected chi connectivity index (χ4v) is 2.33. The summed E-state index contributed by atoms with van der Waals surface area (Å²) in [6.45, 7) is 0. The lowest BCUT2D eigenvalue weighted by Crippen LogP contribution is -1.90. The lowest BCUT2D eigenvalue weighted by molar-refractivity contribution is 0.405. The number of hydrogen-bond acceptors (Lipinski definition) is 3. The van der Waals surface area contributed by atoms with Gasteiger partial charge in [0.25, 0.3) is 0 Å². The van der Waals surface area contributed by atoms with E-state index < -0.39 is 0 Å². The fraction of sp³-hybridized carbons (Fsp3) is 0.125. The lowest BCUT2D eigenvalue weighted by atomic mass is 10.2. The third-order valence-electron chi connectivity index (χ3n) is 2.49. The van der Waals surface area contributed by atoms with Crippen LogP contribution in [0.3, 0.4) is 0 Å². The van der Waals surface area contributed by atoms with Gasteiger partial charge in [0, 0.05) is 17.3 Å². The number of rotatable bonds is 3. The highest BCUT2D eigenvalue weighted by Gasteiger charge is 2.02. The number of thioether (sulfide) groups is 1. The molecule has 2 aromatic rings. The first-order chi connectivity index (χ1) is 9.29. The zero-order valence-electron chi connectivity index (χ0n) is 10.7. The average Bonchev–Trinajstić information content (AvgIpc) is 2.46. The maximum absolute atomic E-state index is 5.72. The van der Waals surface area contributed by atoms with Gasteiger partial charge >= 0.3 is 0 Å². The van der Waals surface area contributed by atoms with Crippen LogP contribution in [0.25, 0.3) is 0 Å². The third kappa shape index (κ3) is 3.97. The van der Waals surface area contributed by atoms with E-state index in [2.05, 4.69) is 11.8 Å². The molecule has 96 valence electrons. The molecular weight excluding hydrogens is 254 g/mol. The highest BCUT2D eigenvalue weighted by atomic mass is 32.2. The number of anilines is 1. The van der Waals surface area contributed by atoms with E-state index in [4.69, 9.17) is 10.5 Å². The minimum atomic E-state index is 0.705. The molecule has 0 heterocycles. The van der Waals surface area contributed by atoms with Crippen molar-refractivity contribution in [3.8, 4) is 17.6 Å². The fourth-order valence-electron chi connectivity index (χ4n) is 1.58. The van der Waals surface area contributed by atoms with Crippen LogP contribution >= 0.6 is 11.8 Å². The van der Waals surface area contributed by atoms with E-state index in [0.717, 1.165) is 22.0 Å². The topological polar surface area (TPSA) is 35.2 Å². The molecule has 0 aromatic heterocycles. The number of hydrogen-bond donors (Lipinski definition) is 1. The predicted molar refractivity (Wildman–Crippen MR) is 81.5 cm³/mol. The van der Waals surface area contributed by atoms with Crippen LogP contribution in [0.1, 0.15) is 5.56 Å². The first-order valence-corrected chi connectivity index (χ1v) is 6.88. The Kier molecular flexibility index (Phi) is 4.77. The van der Waals surface area contributed by atoms with Gasteiger partial charge in [0.2, 0.25) is 0 Å². The van der Waals surface area contributed by atoms with Crippen molar-refractivity contribution in [3.63, 3.8) is 0 Å². The van der Waals surface area contributed by atoms with E-state index in [-0.39, 0.29) is 0 Å². The van der Waals surface area contributed by atoms with Gasteiger partial charge in [0.15, 0.2) is 0 Å². The summed E-state index contributed by atoms with van der Waals surface area (Å²) in [5.41, 5.74) is 7.46. The number of nitrogens with two attached hydrogens (primary N) is 1. The summed E-state index contributed by atoms with van der Waals surface area (Å²) in [6.07, 6.45) is 0. The van der Waals surface area contributed by atoms with Gasteiger partial charge in [-0.2, -0.15) is 0 Å². The molecular formula is C16H15NOS. The van der Waals surface area contributed by atoms with Gasteiger partial charge in [0.1, 0.15) is 5.75 Å². The molecule has 0 aliphatic heterocycles. The van der Waals surface area contributed by atoms with Gasteiger partial charge in [-0.3, -0.25) is 0 Å². The summed E-state index contributed by atoms with van der Waals surface area (Å²) in [5.74, 6) is 7.78. The molecule has 0 radical (unpaired) electrons. The van der Waals surface area contributed by atoms with Crippen molar-refractivity contribution in [2.75, 3.05) is 18.6 Å². The van der Waals surface area contributed by atoms with E-state index in [1.807, 2.05) is 48.5 Å². The van der Waals surface area contributed by atoms with Gasteiger partial charge in [-0.15, -0.1) is 11.8 Å². The summed E-state index contributed by atoms with van der Waals surface area (Å²) in [6, 6.07) is 15.6. The van der Waals surface area contributed by atoms with Crippen LogP contribution in [0.4, 0.5) is 5.69 Å². The highest BCUT2D eigenvalue weighted by molar-refractivity contribution is 7.99. The van der Waals surface area contributed by atoms with Crippen molar-refractivity contribution in [1.29, 1.82) is 0 Å². The van der Waals surface area contributed by atoms with Crippen LogP contribution in [0.5, 0.6) is 5.75 Å². The lowest BCUT2D eigenvalue weighted by Gasteiger charge is -2.06. The number of benzene rings is 2. The standard InChI is InChI=1S/C16H15NOS/c1-18-15-12-14(17)9-10-16(15)19-11-5-8-13-6-3-2-4-7-13/h2-4,6-7,9-10,12H,11,17H2,1H3. The molecule has 2 N–H and O–H groups in total. The van der Waals surface area contributed by atoms with E-state index in [9.17, 15) is 0 Å². The molecule has 2 aromatic carbocycles. The summed E-state index contributed by atoms with van der Waals surface area (Å²) in [4.78, 5) is 1.05. The molecule has 2 rings (SSSR count). The Morgan fingerprint density at radius 3 is 2.68 bits per heavy atom. The minimum Gasteiger partial charge on any atom is -0.496 e. The summed E-state index contributed by atoms with van der Waals surface area (Å²) < 4.78 is 5.29. The van der Waals surface area contributed by atoms with Crippen molar-refractivity contribution >= 4 is 17.4 Å². The Bertz CT molecular complexity index is 599. The highest BCUT2D eigenvalue weighted by Crippen LogP contribution is 2.30. The number of ether oxygens (including phenoxy) is 1. The normalized spacial score (nSPS) is 9.53. The van der Waals surface area contributed by atoms with Gasteiger partial charge in [0.05, 0.1) is 17.8 Å². The zero-order chi connectivity index (χ0) is 13.5. The molecule has 2 nitrogen and oxygen atoms in total. The maximum Gasteiger partial charge on any atom is 0.134 e. The predicted octanol–water partition coefficient (Wildman–Crippen LogP) is 3.42. The Morgan fingerprint density at radius 2 is 1.95 bits per heavy atom. The Balaban J connectivity index is 1.98. The Labute approximate surface area is 118 Å². The van der Waals surface area contributed by atoms with Crippen molar-refractivity contribution < 1.29 is 4.74 Å². The van der Waals surface area contributed by atoms with Crippen LogP contribution in [0.15, 0.2) is 53.4 Å². The molecule has 0 spiro atoms. The maximum atomic E-state index is 5.72. The largest absolute Gasteiger partial charge is 0.496 e. The molecule has 19 heavy (non-hydrogen) atoms. The molecule has 0 amide bonds. The van der Waals surface area contributed by atoms with E-state index in [0.29, 0.717) is 5.69 Å². The van der Waals surface area contributed by atoms with Gasteiger partial charge in [-0.1, -0.05) is 30.0 Å². The third-order valence-corrected chi connectivity index (χ3v) is 3.43. The zero-order valence-corrected chi connectivity index (χ0v) is 11.5. The van der Waals surface area contributed by atoms with Crippen molar-refractivity contribution in [2.24, 2.45) is 0 Å². The molecule has 0 unspecified atom stereocenters. The monoisotopic (exact) mass is 269 g/mol. The molecule has 0 saturated carbocycles. The smallest absolute Gasteiger partial charge is 0.134 e. The summed E-state index contributed by atoms with van der Waals surface area (Å²) in [5, 5.41) is 0. The first kappa shape index (κ1) is 13.4. The molecule has 0 atom stereocenters. The van der Waals surface area contributed by atoms with E-state index in [1.165, 1.54) is 0 Å². The molecule has 0 saturated heterocycles. The second kappa shape index (κ2) is 6.77. The van der Waals surface area contributed by atoms with Crippen molar-refractivity contribution in [3.05, 3.63) is 54.1 Å². The molecule has 3 heteroatoms. The van der Waals surface area contributed by atoms with E-state index in [1.54, 1.807) is 18.9 Å². The Hall–Kier alpha value is -2.05. The Morgan fingerprint density at radius 1 is 1.16 bits per heavy atom. The second-order valence-corrected chi connectivity index (χ2v) is 4.88. The summed E-state index contributed by atoms with van der Waals surface area (Å²) >= 11 is 1.65. The average molecular weight is 269 g/mol. The van der Waals surface area contributed by atoms with Crippen LogP contribution < -0.4 is 10.5 Å². The van der Waals surface area contributed by atoms with Crippen LogP contribution in [0.2, 0.25) is 0 Å². The quantitative estimate of drug-likeness (QED) is 0.527. The SMILES string of the molecule is COc1cc(N)ccc1SCC#Cc1ccccc1. The number of nitrogen functional groups attached to an aromatic ring is 1. The van der Waals surface area contributed by atoms with Gasteiger partial charge < -0.3 is 10.5 Å². The molecule has 0 bridgehead atoms. The first-order valence-electron chi connectivity index (χ1n) is 5.90. The van der Waals surface area contributed by atoms with Crippen LogP contribution in [-0.4, -0.2) is 12.9 Å². The van der Waals surface area contributed by atoms with Gasteiger partial charge in [-0.25, -0.2) is 0 Å². The molecule has 0 aliphatic rings. The van der Waals surface area contributed by atoms with Gasteiger partial charge in [-0.05, 0) is 24.3 Å². The van der Waals surface area contributed by atoms with E-state index >= 15 is 0 Å². The van der Waals surface area contributed by atoms with Crippen molar-refractivity contribution in [1.82, 2.24) is 0 Å². The molecule has 0 aliphatic carbocycles. The van der Waals surface area contributed by atoms with Crippen LogP contribution in [-0.2, 0) is 0 Å². The van der Waals surface area contributed by atoms with Crippen molar-refractivity contribution in [2.45, 2.75) is 4.90 Å².